The first-order valence-corrected chi connectivity index (χ1v) is 12.9. The number of benzene rings is 3. The molecule has 1 aromatic heterocycles. The molecule has 0 unspecified atom stereocenters. The standard InChI is InChI=1S/C24H19Br2N3O4S2/c1-31-17-8-12(9-18(32-2)21(17)33-3)22(30)29-24(34)28-20-14(10-13(25)11-15(20)26)23-27-16-6-4-5-7-19(16)35-23/h4-11H,1-3H3,(H2,28,29,30,34). The van der Waals surface area contributed by atoms with E-state index in [1.54, 1.807) is 23.5 Å². The fourth-order valence-corrected chi connectivity index (χ4v) is 5.90. The van der Waals surface area contributed by atoms with E-state index in [0.717, 1.165) is 29.7 Å². The molecule has 4 rings (SSSR count). The van der Waals surface area contributed by atoms with Crippen molar-refractivity contribution in [2.24, 2.45) is 0 Å². The average molecular weight is 637 g/mol. The van der Waals surface area contributed by atoms with Crippen LogP contribution in [-0.2, 0) is 0 Å². The van der Waals surface area contributed by atoms with Crippen LogP contribution in [0.2, 0.25) is 0 Å². The smallest absolute Gasteiger partial charge is 0.257 e. The zero-order valence-corrected chi connectivity index (χ0v) is 23.6. The third kappa shape index (κ3) is 5.43. The number of halogens is 2. The molecule has 0 saturated heterocycles. The number of rotatable bonds is 6. The van der Waals surface area contributed by atoms with Crippen molar-refractivity contribution in [1.82, 2.24) is 10.3 Å². The van der Waals surface area contributed by atoms with E-state index in [9.17, 15) is 4.79 Å². The molecule has 0 saturated carbocycles. The van der Waals surface area contributed by atoms with Crippen molar-refractivity contribution in [2.45, 2.75) is 0 Å². The van der Waals surface area contributed by atoms with E-state index in [1.165, 1.54) is 21.3 Å². The van der Waals surface area contributed by atoms with Gasteiger partial charge in [0.15, 0.2) is 16.6 Å². The van der Waals surface area contributed by atoms with Crippen LogP contribution in [0.3, 0.4) is 0 Å². The lowest BCUT2D eigenvalue weighted by molar-refractivity contribution is 0.0977. The minimum Gasteiger partial charge on any atom is -0.493 e. The highest BCUT2D eigenvalue weighted by Crippen LogP contribution is 2.41. The second kappa shape index (κ2) is 10.9. The number of thiazole rings is 1. The number of aromatic nitrogens is 1. The molecule has 180 valence electrons. The molecule has 3 aromatic carbocycles. The maximum atomic E-state index is 13.0. The van der Waals surface area contributed by atoms with Gasteiger partial charge in [0.05, 0.1) is 37.2 Å². The Labute approximate surface area is 228 Å². The molecule has 0 bridgehead atoms. The van der Waals surface area contributed by atoms with E-state index in [0.29, 0.717) is 28.5 Å². The number of fused-ring (bicyclic) bond motifs is 1. The second-order valence-corrected chi connectivity index (χ2v) is 10.3. The van der Waals surface area contributed by atoms with Gasteiger partial charge in [-0.05, 0) is 64.5 Å². The van der Waals surface area contributed by atoms with Crippen molar-refractivity contribution in [3.8, 4) is 27.8 Å². The van der Waals surface area contributed by atoms with Crippen LogP contribution in [-0.4, -0.2) is 37.3 Å². The first kappa shape index (κ1) is 25.4. The number of nitrogens with one attached hydrogen (secondary N) is 2. The average Bonchev–Trinajstić information content (AvgIpc) is 3.28. The van der Waals surface area contributed by atoms with Crippen molar-refractivity contribution >= 4 is 82.3 Å². The molecule has 0 fully saturated rings. The molecule has 2 N–H and O–H groups in total. The molecule has 0 aliphatic heterocycles. The lowest BCUT2D eigenvalue weighted by atomic mass is 10.1. The van der Waals surface area contributed by atoms with Gasteiger partial charge in [-0.1, -0.05) is 28.1 Å². The lowest BCUT2D eigenvalue weighted by Gasteiger charge is -2.16. The summed E-state index contributed by atoms with van der Waals surface area (Å²) in [6.07, 6.45) is 0. The van der Waals surface area contributed by atoms with Crippen LogP contribution < -0.4 is 24.8 Å². The predicted molar refractivity (Wildman–Crippen MR) is 150 cm³/mol. The van der Waals surface area contributed by atoms with Gasteiger partial charge < -0.3 is 19.5 Å². The Morgan fingerprint density at radius 3 is 2.31 bits per heavy atom. The first-order valence-electron chi connectivity index (χ1n) is 10.1. The molecule has 0 aliphatic carbocycles. The van der Waals surface area contributed by atoms with Crippen LogP contribution in [0.4, 0.5) is 5.69 Å². The number of methoxy groups -OCH3 is 3. The summed E-state index contributed by atoms with van der Waals surface area (Å²) in [5.74, 6) is 0.692. The highest BCUT2D eigenvalue weighted by Gasteiger charge is 2.20. The monoisotopic (exact) mass is 635 g/mol. The SMILES string of the molecule is COc1cc(C(=O)NC(=S)Nc2c(Br)cc(Br)cc2-c2nc3ccccc3s2)cc(OC)c1OC. The summed E-state index contributed by atoms with van der Waals surface area (Å²) in [4.78, 5) is 17.7. The minimum atomic E-state index is -0.434. The summed E-state index contributed by atoms with van der Waals surface area (Å²) < 4.78 is 18.7. The van der Waals surface area contributed by atoms with E-state index in [1.807, 2.05) is 36.4 Å². The lowest BCUT2D eigenvalue weighted by Crippen LogP contribution is -2.34. The number of hydrogen-bond donors (Lipinski definition) is 2. The molecule has 0 atom stereocenters. The van der Waals surface area contributed by atoms with Crippen molar-refractivity contribution in [1.29, 1.82) is 0 Å². The fraction of sp³-hybridized carbons (Fsp3) is 0.125. The number of hydrogen-bond acceptors (Lipinski definition) is 7. The Morgan fingerprint density at radius 1 is 1.00 bits per heavy atom. The first-order chi connectivity index (χ1) is 16.8. The van der Waals surface area contributed by atoms with Gasteiger partial charge in [-0.3, -0.25) is 10.1 Å². The van der Waals surface area contributed by atoms with Crippen LogP contribution in [0, 0.1) is 0 Å². The number of para-hydroxylation sites is 1. The largest absolute Gasteiger partial charge is 0.493 e. The topological polar surface area (TPSA) is 81.7 Å². The van der Waals surface area contributed by atoms with Crippen molar-refractivity contribution in [3.05, 3.63) is 63.0 Å². The number of ether oxygens (including phenoxy) is 3. The Morgan fingerprint density at radius 2 is 1.69 bits per heavy atom. The van der Waals surface area contributed by atoms with Crippen molar-refractivity contribution in [3.63, 3.8) is 0 Å². The molecule has 1 amide bonds. The number of anilines is 1. The summed E-state index contributed by atoms with van der Waals surface area (Å²) in [6.45, 7) is 0. The van der Waals surface area contributed by atoms with E-state index in [2.05, 4.69) is 42.5 Å². The summed E-state index contributed by atoms with van der Waals surface area (Å²) in [5.41, 5.74) is 2.72. The van der Waals surface area contributed by atoms with Crippen molar-refractivity contribution < 1.29 is 19.0 Å². The van der Waals surface area contributed by atoms with Crippen LogP contribution in [0.1, 0.15) is 10.4 Å². The van der Waals surface area contributed by atoms with Gasteiger partial charge in [-0.25, -0.2) is 4.98 Å². The second-order valence-electron chi connectivity index (χ2n) is 7.12. The van der Waals surface area contributed by atoms with E-state index >= 15 is 0 Å². The van der Waals surface area contributed by atoms with Gasteiger partial charge in [0, 0.05) is 20.1 Å². The van der Waals surface area contributed by atoms with Gasteiger partial charge in [-0.2, -0.15) is 0 Å². The van der Waals surface area contributed by atoms with Gasteiger partial charge in [0.1, 0.15) is 5.01 Å². The zero-order valence-electron chi connectivity index (χ0n) is 18.8. The normalized spacial score (nSPS) is 10.7. The molecule has 0 radical (unpaired) electrons. The molecule has 7 nitrogen and oxygen atoms in total. The number of carbonyl (C=O) groups excluding carboxylic acids is 1. The van der Waals surface area contributed by atoms with Crippen LogP contribution in [0.5, 0.6) is 17.2 Å². The van der Waals surface area contributed by atoms with Gasteiger partial charge in [0.2, 0.25) is 5.75 Å². The Kier molecular flexibility index (Phi) is 7.90. The van der Waals surface area contributed by atoms with E-state index in [4.69, 9.17) is 31.4 Å². The quantitative estimate of drug-likeness (QED) is 0.230. The number of carbonyl (C=O) groups is 1. The third-order valence-electron chi connectivity index (χ3n) is 4.97. The molecule has 35 heavy (non-hydrogen) atoms. The summed E-state index contributed by atoms with van der Waals surface area (Å²) in [5, 5.41) is 6.79. The summed E-state index contributed by atoms with van der Waals surface area (Å²) in [6, 6.07) is 14.9. The predicted octanol–water partition coefficient (Wildman–Crippen LogP) is 6.64. The highest BCUT2D eigenvalue weighted by atomic mass is 79.9. The summed E-state index contributed by atoms with van der Waals surface area (Å²) in [7, 11) is 4.47. The Bertz CT molecular complexity index is 1380. The van der Waals surface area contributed by atoms with Crippen LogP contribution >= 0.6 is 55.4 Å². The number of nitrogens with zero attached hydrogens (tertiary/aromatic N) is 1. The molecule has 4 aromatic rings. The van der Waals surface area contributed by atoms with Crippen LogP contribution in [0.15, 0.2) is 57.5 Å². The van der Waals surface area contributed by atoms with Crippen molar-refractivity contribution in [2.75, 3.05) is 26.6 Å². The molecule has 0 spiro atoms. The third-order valence-corrected chi connectivity index (χ3v) is 7.33. The highest BCUT2D eigenvalue weighted by molar-refractivity contribution is 9.11. The summed E-state index contributed by atoms with van der Waals surface area (Å²) >= 11 is 14.2. The van der Waals surface area contributed by atoms with Gasteiger partial charge in [-0.15, -0.1) is 11.3 Å². The molecular formula is C24H19Br2N3O4S2. The maximum Gasteiger partial charge on any atom is 0.257 e. The van der Waals surface area contributed by atoms with Crippen LogP contribution in [0.25, 0.3) is 20.8 Å². The molecule has 0 aliphatic rings. The van der Waals surface area contributed by atoms with Gasteiger partial charge in [0.25, 0.3) is 5.91 Å². The Balaban J connectivity index is 1.62. The number of amides is 1. The maximum absolute atomic E-state index is 13.0. The minimum absolute atomic E-state index is 0.120. The number of thiocarbonyl (C=S) groups is 1. The molecule has 1 heterocycles. The fourth-order valence-electron chi connectivity index (χ4n) is 3.39. The molecular weight excluding hydrogens is 618 g/mol. The Hall–Kier alpha value is -2.73. The zero-order chi connectivity index (χ0) is 25.1. The van der Waals surface area contributed by atoms with E-state index < -0.39 is 5.91 Å². The van der Waals surface area contributed by atoms with E-state index in [-0.39, 0.29) is 5.11 Å². The molecule has 11 heteroatoms. The van der Waals surface area contributed by atoms with Gasteiger partial charge >= 0.3 is 0 Å².